The molecule has 0 unspecified atom stereocenters. The number of nitrogens with zero attached hydrogens (tertiary/aromatic N) is 1. The van der Waals surface area contributed by atoms with Crippen LogP contribution in [0.2, 0.25) is 0 Å². The van der Waals surface area contributed by atoms with E-state index in [-0.39, 0.29) is 0 Å². The summed E-state index contributed by atoms with van der Waals surface area (Å²) in [5, 5.41) is 0. The van der Waals surface area contributed by atoms with Crippen LogP contribution in [-0.4, -0.2) is 37.2 Å². The molecule has 0 aromatic heterocycles. The normalized spacial score (nSPS) is 26.5. The fraction of sp³-hybridized carbons (Fsp3) is 1.00. The van der Waals surface area contributed by atoms with Gasteiger partial charge in [-0.3, -0.25) is 0 Å². The Morgan fingerprint density at radius 2 is 1.85 bits per heavy atom. The van der Waals surface area contributed by atoms with Gasteiger partial charge in [-0.2, -0.15) is 0 Å². The van der Waals surface area contributed by atoms with Crippen molar-refractivity contribution in [2.24, 2.45) is 5.92 Å². The van der Waals surface area contributed by atoms with Gasteiger partial charge < -0.3 is 9.64 Å². The van der Waals surface area contributed by atoms with Crippen LogP contribution in [0.1, 0.15) is 32.6 Å². The molecule has 0 aromatic carbocycles. The maximum Gasteiger partial charge on any atom is 0.0599 e. The van der Waals surface area contributed by atoms with E-state index in [1.165, 1.54) is 45.3 Å². The van der Waals surface area contributed by atoms with Crippen molar-refractivity contribution in [1.29, 1.82) is 0 Å². The van der Waals surface area contributed by atoms with Crippen molar-refractivity contribution in [2.75, 3.05) is 26.2 Å². The van der Waals surface area contributed by atoms with Gasteiger partial charge in [0, 0.05) is 19.7 Å². The Morgan fingerprint density at radius 3 is 2.38 bits per heavy atom. The standard InChI is InChI=1S/C11H21NO/c1-2-12-7-5-11(6-8-12)13-9-10-3-4-10/h10-11H,2-9H2,1H3. The van der Waals surface area contributed by atoms with Gasteiger partial charge in [-0.15, -0.1) is 0 Å². The zero-order chi connectivity index (χ0) is 9.10. The van der Waals surface area contributed by atoms with Gasteiger partial charge in [0.25, 0.3) is 0 Å². The van der Waals surface area contributed by atoms with Crippen molar-refractivity contribution < 1.29 is 4.74 Å². The van der Waals surface area contributed by atoms with Crippen LogP contribution in [0.3, 0.4) is 0 Å². The highest BCUT2D eigenvalue weighted by atomic mass is 16.5. The third-order valence-electron chi connectivity index (χ3n) is 3.25. The van der Waals surface area contributed by atoms with Gasteiger partial charge in [-0.05, 0) is 38.1 Å². The van der Waals surface area contributed by atoms with Crippen molar-refractivity contribution >= 4 is 0 Å². The molecule has 2 rings (SSSR count). The van der Waals surface area contributed by atoms with Gasteiger partial charge in [0.2, 0.25) is 0 Å². The van der Waals surface area contributed by atoms with Gasteiger partial charge in [0.05, 0.1) is 6.10 Å². The molecular weight excluding hydrogens is 162 g/mol. The molecule has 1 saturated heterocycles. The van der Waals surface area contributed by atoms with Gasteiger partial charge in [0.15, 0.2) is 0 Å². The minimum absolute atomic E-state index is 0.573. The van der Waals surface area contributed by atoms with Crippen LogP contribution in [-0.2, 0) is 4.74 Å². The summed E-state index contributed by atoms with van der Waals surface area (Å²) in [7, 11) is 0. The molecule has 0 atom stereocenters. The second kappa shape index (κ2) is 4.43. The average Bonchev–Trinajstić information content (AvgIpc) is 2.99. The number of likely N-dealkylation sites (tertiary alicyclic amines) is 1. The van der Waals surface area contributed by atoms with Crippen molar-refractivity contribution in [3.63, 3.8) is 0 Å². The smallest absolute Gasteiger partial charge is 0.0599 e. The Morgan fingerprint density at radius 1 is 1.15 bits per heavy atom. The molecule has 2 aliphatic rings. The number of piperidine rings is 1. The Labute approximate surface area is 81.3 Å². The molecular formula is C11H21NO. The minimum atomic E-state index is 0.573. The van der Waals surface area contributed by atoms with Crippen LogP contribution in [0.5, 0.6) is 0 Å². The van der Waals surface area contributed by atoms with Crippen LogP contribution in [0.4, 0.5) is 0 Å². The molecule has 1 saturated carbocycles. The lowest BCUT2D eigenvalue weighted by Crippen LogP contribution is -2.36. The molecule has 0 radical (unpaired) electrons. The van der Waals surface area contributed by atoms with Crippen molar-refractivity contribution in [2.45, 2.75) is 38.7 Å². The molecule has 1 aliphatic carbocycles. The summed E-state index contributed by atoms with van der Waals surface area (Å²) in [4.78, 5) is 2.51. The number of hydrogen-bond acceptors (Lipinski definition) is 2. The molecule has 2 fully saturated rings. The van der Waals surface area contributed by atoms with Crippen molar-refractivity contribution in [1.82, 2.24) is 4.90 Å². The van der Waals surface area contributed by atoms with Crippen LogP contribution in [0, 0.1) is 5.92 Å². The minimum Gasteiger partial charge on any atom is -0.378 e. The number of rotatable bonds is 4. The first-order chi connectivity index (χ1) is 6.38. The highest BCUT2D eigenvalue weighted by Gasteiger charge is 2.24. The maximum absolute atomic E-state index is 5.87. The van der Waals surface area contributed by atoms with E-state index in [1.54, 1.807) is 0 Å². The molecule has 0 spiro atoms. The Bertz CT molecular complexity index is 148. The lowest BCUT2D eigenvalue weighted by atomic mass is 10.1. The summed E-state index contributed by atoms with van der Waals surface area (Å²) in [6.45, 7) is 6.97. The second-order valence-corrected chi connectivity index (χ2v) is 4.41. The summed E-state index contributed by atoms with van der Waals surface area (Å²) in [6.07, 6.45) is 5.89. The van der Waals surface area contributed by atoms with E-state index in [4.69, 9.17) is 4.74 Å². The summed E-state index contributed by atoms with van der Waals surface area (Å²) in [5.74, 6) is 0.921. The third kappa shape index (κ3) is 2.96. The number of hydrogen-bond donors (Lipinski definition) is 0. The van der Waals surface area contributed by atoms with Crippen molar-refractivity contribution in [3.8, 4) is 0 Å². The van der Waals surface area contributed by atoms with Gasteiger partial charge in [-0.25, -0.2) is 0 Å². The molecule has 76 valence electrons. The fourth-order valence-corrected chi connectivity index (χ4v) is 1.95. The predicted molar refractivity (Wildman–Crippen MR) is 53.8 cm³/mol. The monoisotopic (exact) mass is 183 g/mol. The molecule has 0 bridgehead atoms. The van der Waals surface area contributed by atoms with Crippen molar-refractivity contribution in [3.05, 3.63) is 0 Å². The van der Waals surface area contributed by atoms with E-state index in [1.807, 2.05) is 0 Å². The quantitative estimate of drug-likeness (QED) is 0.660. The van der Waals surface area contributed by atoms with E-state index in [0.29, 0.717) is 6.10 Å². The second-order valence-electron chi connectivity index (χ2n) is 4.41. The van der Waals surface area contributed by atoms with E-state index < -0.39 is 0 Å². The SMILES string of the molecule is CCN1CCC(OCC2CC2)CC1. The lowest BCUT2D eigenvalue weighted by molar-refractivity contribution is 0.00351. The zero-order valence-electron chi connectivity index (χ0n) is 8.67. The number of ether oxygens (including phenoxy) is 1. The molecule has 2 heteroatoms. The Balaban J connectivity index is 1.59. The van der Waals surface area contributed by atoms with E-state index in [9.17, 15) is 0 Å². The van der Waals surface area contributed by atoms with Gasteiger partial charge >= 0.3 is 0 Å². The first-order valence-corrected chi connectivity index (χ1v) is 5.72. The molecule has 0 aromatic rings. The Kier molecular flexibility index (Phi) is 3.23. The van der Waals surface area contributed by atoms with Crippen LogP contribution < -0.4 is 0 Å². The topological polar surface area (TPSA) is 12.5 Å². The summed E-state index contributed by atoms with van der Waals surface area (Å²) in [5.41, 5.74) is 0. The maximum atomic E-state index is 5.87. The average molecular weight is 183 g/mol. The molecule has 0 N–H and O–H groups in total. The summed E-state index contributed by atoms with van der Waals surface area (Å²) < 4.78 is 5.87. The molecule has 1 heterocycles. The molecule has 13 heavy (non-hydrogen) atoms. The molecule has 2 nitrogen and oxygen atoms in total. The van der Waals surface area contributed by atoms with E-state index >= 15 is 0 Å². The van der Waals surface area contributed by atoms with E-state index in [0.717, 1.165) is 12.5 Å². The van der Waals surface area contributed by atoms with Crippen LogP contribution in [0.25, 0.3) is 0 Å². The molecule has 1 aliphatic heterocycles. The Hall–Kier alpha value is -0.0800. The first-order valence-electron chi connectivity index (χ1n) is 5.72. The van der Waals surface area contributed by atoms with Crippen LogP contribution in [0.15, 0.2) is 0 Å². The third-order valence-corrected chi connectivity index (χ3v) is 3.25. The summed E-state index contributed by atoms with van der Waals surface area (Å²) >= 11 is 0. The first kappa shape index (κ1) is 9.47. The summed E-state index contributed by atoms with van der Waals surface area (Å²) in [6, 6.07) is 0. The van der Waals surface area contributed by atoms with E-state index in [2.05, 4.69) is 11.8 Å². The highest BCUT2D eigenvalue weighted by molar-refractivity contribution is 4.75. The zero-order valence-corrected chi connectivity index (χ0v) is 8.67. The highest BCUT2D eigenvalue weighted by Crippen LogP contribution is 2.30. The van der Waals surface area contributed by atoms with Gasteiger partial charge in [0.1, 0.15) is 0 Å². The fourth-order valence-electron chi connectivity index (χ4n) is 1.95. The predicted octanol–water partition coefficient (Wildman–Crippen LogP) is 1.90. The van der Waals surface area contributed by atoms with Crippen LogP contribution >= 0.6 is 0 Å². The largest absolute Gasteiger partial charge is 0.378 e. The molecule has 0 amide bonds. The lowest BCUT2D eigenvalue weighted by Gasteiger charge is -2.30. The van der Waals surface area contributed by atoms with Gasteiger partial charge in [-0.1, -0.05) is 6.92 Å².